The summed E-state index contributed by atoms with van der Waals surface area (Å²) in [6.07, 6.45) is 6.68. The van der Waals surface area contributed by atoms with Crippen LogP contribution in [-0.2, 0) is 5.41 Å². The van der Waals surface area contributed by atoms with E-state index in [4.69, 9.17) is 0 Å². The SMILES string of the molecule is CCCC1CCC(c2ccc(O)cc2)(c2ccc(O)cc2O)CC1. The lowest BCUT2D eigenvalue weighted by Crippen LogP contribution is -2.33. The molecule has 0 aromatic heterocycles. The van der Waals surface area contributed by atoms with Crippen molar-refractivity contribution in [2.75, 3.05) is 0 Å². The van der Waals surface area contributed by atoms with Crippen molar-refractivity contribution in [2.45, 2.75) is 50.9 Å². The first-order chi connectivity index (χ1) is 11.5. The number of rotatable bonds is 4. The highest BCUT2D eigenvalue weighted by Gasteiger charge is 2.39. The Bertz CT molecular complexity index is 683. The van der Waals surface area contributed by atoms with Gasteiger partial charge in [-0.15, -0.1) is 0 Å². The molecule has 0 radical (unpaired) electrons. The van der Waals surface area contributed by atoms with Crippen molar-refractivity contribution in [3.05, 3.63) is 53.6 Å². The minimum absolute atomic E-state index is 0.0803. The van der Waals surface area contributed by atoms with Crippen LogP contribution in [0.1, 0.15) is 56.6 Å². The Morgan fingerprint density at radius 3 is 2.12 bits per heavy atom. The lowest BCUT2D eigenvalue weighted by molar-refractivity contribution is 0.249. The molecule has 2 aromatic carbocycles. The van der Waals surface area contributed by atoms with E-state index in [0.717, 1.165) is 42.7 Å². The average Bonchev–Trinajstić information content (AvgIpc) is 2.57. The molecule has 3 nitrogen and oxygen atoms in total. The van der Waals surface area contributed by atoms with E-state index in [1.165, 1.54) is 18.9 Å². The van der Waals surface area contributed by atoms with Gasteiger partial charge in [-0.05, 0) is 55.4 Å². The summed E-state index contributed by atoms with van der Waals surface area (Å²) in [5, 5.41) is 29.8. The Balaban J connectivity index is 2.03. The molecule has 0 aliphatic heterocycles. The van der Waals surface area contributed by atoms with Gasteiger partial charge >= 0.3 is 0 Å². The van der Waals surface area contributed by atoms with E-state index < -0.39 is 0 Å². The first-order valence-electron chi connectivity index (χ1n) is 8.87. The van der Waals surface area contributed by atoms with Gasteiger partial charge in [0.15, 0.2) is 0 Å². The predicted molar refractivity (Wildman–Crippen MR) is 95.5 cm³/mol. The van der Waals surface area contributed by atoms with Crippen molar-refractivity contribution in [1.29, 1.82) is 0 Å². The summed E-state index contributed by atoms with van der Waals surface area (Å²) in [7, 11) is 0. The zero-order chi connectivity index (χ0) is 17.2. The third kappa shape index (κ3) is 3.08. The summed E-state index contributed by atoms with van der Waals surface area (Å²) in [6.45, 7) is 2.23. The molecular weight excluding hydrogens is 300 g/mol. The normalized spacial score (nSPS) is 24.0. The Morgan fingerprint density at radius 2 is 1.54 bits per heavy atom. The number of benzene rings is 2. The average molecular weight is 326 g/mol. The van der Waals surface area contributed by atoms with Gasteiger partial charge in [0.2, 0.25) is 0 Å². The summed E-state index contributed by atoms with van der Waals surface area (Å²) in [5.74, 6) is 1.23. The van der Waals surface area contributed by atoms with Crippen LogP contribution in [-0.4, -0.2) is 15.3 Å². The maximum Gasteiger partial charge on any atom is 0.123 e. The molecule has 0 unspecified atom stereocenters. The molecule has 0 heterocycles. The van der Waals surface area contributed by atoms with Gasteiger partial charge in [0.05, 0.1) is 0 Å². The minimum Gasteiger partial charge on any atom is -0.508 e. The molecule has 24 heavy (non-hydrogen) atoms. The van der Waals surface area contributed by atoms with Gasteiger partial charge in [-0.25, -0.2) is 0 Å². The lowest BCUT2D eigenvalue weighted by Gasteiger charge is -2.41. The van der Waals surface area contributed by atoms with Crippen LogP contribution in [0, 0.1) is 5.92 Å². The monoisotopic (exact) mass is 326 g/mol. The van der Waals surface area contributed by atoms with Crippen molar-refractivity contribution >= 4 is 0 Å². The van der Waals surface area contributed by atoms with Crippen LogP contribution >= 0.6 is 0 Å². The summed E-state index contributed by atoms with van der Waals surface area (Å²) < 4.78 is 0. The fraction of sp³-hybridized carbons (Fsp3) is 0.429. The van der Waals surface area contributed by atoms with E-state index >= 15 is 0 Å². The van der Waals surface area contributed by atoms with Crippen LogP contribution in [0.5, 0.6) is 17.2 Å². The number of hydrogen-bond donors (Lipinski definition) is 3. The number of hydrogen-bond acceptors (Lipinski definition) is 3. The van der Waals surface area contributed by atoms with Crippen molar-refractivity contribution in [1.82, 2.24) is 0 Å². The van der Waals surface area contributed by atoms with E-state index in [9.17, 15) is 15.3 Å². The predicted octanol–water partition coefficient (Wildman–Crippen LogP) is 5.08. The molecule has 1 saturated carbocycles. The minimum atomic E-state index is -0.254. The van der Waals surface area contributed by atoms with E-state index in [-0.39, 0.29) is 22.7 Å². The van der Waals surface area contributed by atoms with E-state index in [0.29, 0.717) is 0 Å². The van der Waals surface area contributed by atoms with Gasteiger partial charge in [-0.1, -0.05) is 38.0 Å². The van der Waals surface area contributed by atoms with Crippen LogP contribution in [0.2, 0.25) is 0 Å². The third-order valence-electron chi connectivity index (χ3n) is 5.57. The quantitative estimate of drug-likeness (QED) is 0.734. The van der Waals surface area contributed by atoms with Crippen molar-refractivity contribution in [3.8, 4) is 17.2 Å². The molecule has 3 N–H and O–H groups in total. The molecule has 0 amide bonds. The highest BCUT2D eigenvalue weighted by Crippen LogP contribution is 2.50. The van der Waals surface area contributed by atoms with Gasteiger partial charge in [0.1, 0.15) is 17.2 Å². The zero-order valence-electron chi connectivity index (χ0n) is 14.2. The highest BCUT2D eigenvalue weighted by atomic mass is 16.3. The molecular formula is C21H26O3. The number of phenolic OH excluding ortho intramolecular Hbond substituents is 3. The smallest absolute Gasteiger partial charge is 0.123 e. The zero-order valence-corrected chi connectivity index (χ0v) is 14.2. The van der Waals surface area contributed by atoms with Gasteiger partial charge < -0.3 is 15.3 Å². The Morgan fingerprint density at radius 1 is 0.917 bits per heavy atom. The van der Waals surface area contributed by atoms with E-state index in [1.807, 2.05) is 18.2 Å². The second-order valence-corrected chi connectivity index (χ2v) is 7.06. The molecule has 3 rings (SSSR count). The van der Waals surface area contributed by atoms with Gasteiger partial charge in [0.25, 0.3) is 0 Å². The van der Waals surface area contributed by atoms with Gasteiger partial charge in [-0.2, -0.15) is 0 Å². The summed E-state index contributed by atoms with van der Waals surface area (Å²) in [4.78, 5) is 0. The van der Waals surface area contributed by atoms with Crippen LogP contribution < -0.4 is 0 Å². The molecule has 0 saturated heterocycles. The summed E-state index contributed by atoms with van der Waals surface area (Å²) in [5.41, 5.74) is 1.74. The fourth-order valence-electron chi connectivity index (χ4n) is 4.29. The molecule has 2 aromatic rings. The summed E-state index contributed by atoms with van der Waals surface area (Å²) in [6, 6.07) is 12.3. The van der Waals surface area contributed by atoms with E-state index in [2.05, 4.69) is 6.92 Å². The Kier molecular flexibility index (Phi) is 4.70. The second kappa shape index (κ2) is 6.76. The largest absolute Gasteiger partial charge is 0.508 e. The molecule has 0 spiro atoms. The molecule has 1 fully saturated rings. The van der Waals surface area contributed by atoms with Crippen LogP contribution in [0.15, 0.2) is 42.5 Å². The maximum atomic E-state index is 10.5. The van der Waals surface area contributed by atoms with E-state index in [1.54, 1.807) is 18.2 Å². The Hall–Kier alpha value is -2.16. The molecule has 3 heteroatoms. The van der Waals surface area contributed by atoms with Crippen molar-refractivity contribution in [2.24, 2.45) is 5.92 Å². The molecule has 1 aliphatic rings. The first kappa shape index (κ1) is 16.7. The molecule has 1 aliphatic carbocycles. The summed E-state index contributed by atoms with van der Waals surface area (Å²) >= 11 is 0. The molecule has 0 atom stereocenters. The van der Waals surface area contributed by atoms with Gasteiger partial charge in [0, 0.05) is 17.0 Å². The van der Waals surface area contributed by atoms with Crippen molar-refractivity contribution < 1.29 is 15.3 Å². The third-order valence-corrected chi connectivity index (χ3v) is 5.57. The standard InChI is InChI=1S/C21H26O3/c1-2-3-15-10-12-21(13-11-15,16-4-6-17(22)7-5-16)19-9-8-18(23)14-20(19)24/h4-9,14-15,22-24H,2-3,10-13H2,1H3. The highest BCUT2D eigenvalue weighted by molar-refractivity contribution is 5.50. The molecule has 0 bridgehead atoms. The van der Waals surface area contributed by atoms with Gasteiger partial charge in [-0.3, -0.25) is 0 Å². The second-order valence-electron chi connectivity index (χ2n) is 7.06. The lowest BCUT2D eigenvalue weighted by atomic mass is 9.62. The first-order valence-corrected chi connectivity index (χ1v) is 8.87. The number of phenols is 3. The molecule has 128 valence electrons. The number of aromatic hydroxyl groups is 3. The topological polar surface area (TPSA) is 60.7 Å². The maximum absolute atomic E-state index is 10.5. The van der Waals surface area contributed by atoms with Crippen LogP contribution in [0.4, 0.5) is 0 Å². The fourth-order valence-corrected chi connectivity index (χ4v) is 4.29. The van der Waals surface area contributed by atoms with Crippen LogP contribution in [0.25, 0.3) is 0 Å². The Labute approximate surface area is 143 Å². The van der Waals surface area contributed by atoms with Crippen molar-refractivity contribution in [3.63, 3.8) is 0 Å². The van der Waals surface area contributed by atoms with Crippen LogP contribution in [0.3, 0.4) is 0 Å².